The summed E-state index contributed by atoms with van der Waals surface area (Å²) >= 11 is 5.90. The summed E-state index contributed by atoms with van der Waals surface area (Å²) in [5, 5.41) is 4.40. The number of aryl methyl sites for hydroxylation is 2. The molecule has 1 aromatic carbocycles. The Hall–Kier alpha value is -1.75. The van der Waals surface area contributed by atoms with Crippen LogP contribution in [0.25, 0.3) is 0 Å². The van der Waals surface area contributed by atoms with Crippen molar-refractivity contribution in [1.82, 2.24) is 9.78 Å². The first-order valence-corrected chi connectivity index (χ1v) is 5.29. The molecule has 0 saturated heterocycles. The van der Waals surface area contributed by atoms with Crippen molar-refractivity contribution in [3.05, 3.63) is 34.7 Å². The molecule has 0 spiro atoms. The monoisotopic (exact) mass is 255 g/mol. The van der Waals surface area contributed by atoms with Crippen molar-refractivity contribution >= 4 is 17.3 Å². The first kappa shape index (κ1) is 11.7. The molecule has 0 aliphatic heterocycles. The number of benzene rings is 1. The van der Waals surface area contributed by atoms with Gasteiger partial charge in [-0.3, -0.25) is 0 Å². The van der Waals surface area contributed by atoms with Crippen molar-refractivity contribution in [2.75, 3.05) is 5.73 Å². The molecule has 0 radical (unpaired) electrons. The number of nitrogens with two attached hydrogens (primary N) is 1. The molecule has 17 heavy (non-hydrogen) atoms. The van der Waals surface area contributed by atoms with E-state index >= 15 is 0 Å². The molecule has 0 atom stereocenters. The zero-order valence-electron chi connectivity index (χ0n) is 9.37. The van der Waals surface area contributed by atoms with Crippen molar-refractivity contribution in [1.29, 1.82) is 0 Å². The average Bonchev–Trinajstić information content (AvgIpc) is 2.50. The number of hydrogen-bond acceptors (Lipinski definition) is 3. The van der Waals surface area contributed by atoms with Crippen molar-refractivity contribution in [3.8, 4) is 11.6 Å². The number of ether oxygens (including phenoxy) is 1. The molecule has 90 valence electrons. The van der Waals surface area contributed by atoms with E-state index in [1.54, 1.807) is 14.0 Å². The number of rotatable bonds is 2. The zero-order chi connectivity index (χ0) is 12.6. The lowest BCUT2D eigenvalue weighted by molar-refractivity contribution is 0.429. The van der Waals surface area contributed by atoms with Crippen LogP contribution < -0.4 is 10.5 Å². The van der Waals surface area contributed by atoms with E-state index in [-0.39, 0.29) is 5.75 Å². The fourth-order valence-corrected chi connectivity index (χ4v) is 1.59. The fraction of sp³-hybridized carbons (Fsp3) is 0.182. The lowest BCUT2D eigenvalue weighted by Crippen LogP contribution is -1.97. The molecular weight excluding hydrogens is 245 g/mol. The Balaban J connectivity index is 2.41. The Bertz CT molecular complexity index is 568. The normalized spacial score (nSPS) is 10.6. The van der Waals surface area contributed by atoms with E-state index in [1.165, 1.54) is 22.9 Å². The van der Waals surface area contributed by atoms with E-state index in [4.69, 9.17) is 22.1 Å². The topological polar surface area (TPSA) is 53.1 Å². The van der Waals surface area contributed by atoms with Crippen LogP contribution in [0.15, 0.2) is 18.2 Å². The largest absolute Gasteiger partial charge is 0.436 e. The maximum atomic E-state index is 13.1. The minimum Gasteiger partial charge on any atom is -0.436 e. The van der Waals surface area contributed by atoms with Crippen LogP contribution in [0.2, 0.25) is 5.02 Å². The third-order valence-electron chi connectivity index (χ3n) is 2.31. The summed E-state index contributed by atoms with van der Waals surface area (Å²) in [6.45, 7) is 1.76. The molecule has 1 aromatic heterocycles. The van der Waals surface area contributed by atoms with E-state index in [9.17, 15) is 4.39 Å². The maximum absolute atomic E-state index is 13.1. The quantitative estimate of drug-likeness (QED) is 0.898. The van der Waals surface area contributed by atoms with Crippen molar-refractivity contribution < 1.29 is 9.13 Å². The zero-order valence-corrected chi connectivity index (χ0v) is 10.1. The van der Waals surface area contributed by atoms with Gasteiger partial charge in [0.15, 0.2) is 5.75 Å². The van der Waals surface area contributed by atoms with Crippen LogP contribution in [-0.4, -0.2) is 9.78 Å². The molecule has 0 bridgehead atoms. The summed E-state index contributed by atoms with van der Waals surface area (Å²) in [5.41, 5.74) is 6.85. The number of anilines is 1. The second-order valence-electron chi connectivity index (χ2n) is 3.60. The Morgan fingerprint density at radius 3 is 2.76 bits per heavy atom. The van der Waals surface area contributed by atoms with Crippen LogP contribution in [0.5, 0.6) is 11.6 Å². The molecule has 0 unspecified atom stereocenters. The molecule has 6 heteroatoms. The van der Waals surface area contributed by atoms with Crippen LogP contribution in [0, 0.1) is 12.7 Å². The minimum absolute atomic E-state index is 0.210. The molecule has 0 aliphatic rings. The Kier molecular flexibility index (Phi) is 2.93. The molecule has 2 rings (SSSR count). The van der Waals surface area contributed by atoms with Gasteiger partial charge in [-0.05, 0) is 19.1 Å². The van der Waals surface area contributed by atoms with Crippen LogP contribution in [0.1, 0.15) is 5.69 Å². The molecule has 4 nitrogen and oxygen atoms in total. The summed E-state index contributed by atoms with van der Waals surface area (Å²) in [6.07, 6.45) is 0. The molecule has 1 heterocycles. The summed E-state index contributed by atoms with van der Waals surface area (Å²) in [4.78, 5) is 0. The van der Waals surface area contributed by atoms with E-state index in [2.05, 4.69) is 5.10 Å². The van der Waals surface area contributed by atoms with E-state index in [1.807, 2.05) is 0 Å². The van der Waals surface area contributed by atoms with Gasteiger partial charge >= 0.3 is 0 Å². The molecule has 2 N–H and O–H groups in total. The minimum atomic E-state index is -0.429. The van der Waals surface area contributed by atoms with Gasteiger partial charge in [-0.25, -0.2) is 9.07 Å². The second kappa shape index (κ2) is 4.25. The van der Waals surface area contributed by atoms with Crippen molar-refractivity contribution in [2.24, 2.45) is 7.05 Å². The van der Waals surface area contributed by atoms with Crippen LogP contribution in [0.4, 0.5) is 10.1 Å². The first-order valence-electron chi connectivity index (χ1n) is 4.91. The number of nitrogens with zero attached hydrogens (tertiary/aromatic N) is 2. The molecule has 0 aliphatic carbocycles. The summed E-state index contributed by atoms with van der Waals surface area (Å²) in [6, 6.07) is 3.88. The fourth-order valence-electron chi connectivity index (χ4n) is 1.43. The summed E-state index contributed by atoms with van der Waals surface area (Å²) in [7, 11) is 1.69. The van der Waals surface area contributed by atoms with Crippen LogP contribution in [0.3, 0.4) is 0 Å². The second-order valence-corrected chi connectivity index (χ2v) is 4.01. The number of hydrogen-bond donors (Lipinski definition) is 1. The van der Waals surface area contributed by atoms with Crippen molar-refractivity contribution in [3.63, 3.8) is 0 Å². The molecule has 0 amide bonds. The van der Waals surface area contributed by atoms with Gasteiger partial charge in [-0.1, -0.05) is 11.6 Å². The SMILES string of the molecule is Cc1nn(C)c(Oc2cc(F)ccc2Cl)c1N. The smallest absolute Gasteiger partial charge is 0.241 e. The van der Waals surface area contributed by atoms with Gasteiger partial charge in [0.1, 0.15) is 11.5 Å². The van der Waals surface area contributed by atoms with Gasteiger partial charge < -0.3 is 10.5 Å². The predicted octanol–water partition coefficient (Wildman–Crippen LogP) is 2.90. The summed E-state index contributed by atoms with van der Waals surface area (Å²) in [5.74, 6) is 0.123. The van der Waals surface area contributed by atoms with Gasteiger partial charge in [0.2, 0.25) is 5.88 Å². The number of nitrogen functional groups attached to an aromatic ring is 1. The van der Waals surface area contributed by atoms with Gasteiger partial charge in [0, 0.05) is 13.1 Å². The Morgan fingerprint density at radius 2 is 2.18 bits per heavy atom. The van der Waals surface area contributed by atoms with E-state index in [0.717, 1.165) is 0 Å². The molecule has 0 saturated carbocycles. The van der Waals surface area contributed by atoms with Crippen LogP contribution in [-0.2, 0) is 7.05 Å². The first-order chi connectivity index (χ1) is 7.99. The molecule has 2 aromatic rings. The van der Waals surface area contributed by atoms with Gasteiger partial charge in [-0.15, -0.1) is 0 Å². The van der Waals surface area contributed by atoms with E-state index in [0.29, 0.717) is 22.3 Å². The lowest BCUT2D eigenvalue weighted by Gasteiger charge is -2.08. The van der Waals surface area contributed by atoms with Crippen LogP contribution >= 0.6 is 11.6 Å². The van der Waals surface area contributed by atoms with Gasteiger partial charge in [0.05, 0.1) is 10.7 Å². The number of halogens is 2. The average molecular weight is 256 g/mol. The standard InChI is InChI=1S/C11H11ClFN3O/c1-6-10(14)11(16(2)15-6)17-9-5-7(13)3-4-8(9)12/h3-5H,14H2,1-2H3. The highest BCUT2D eigenvalue weighted by atomic mass is 35.5. The molecule has 0 fully saturated rings. The van der Waals surface area contributed by atoms with Crippen molar-refractivity contribution in [2.45, 2.75) is 6.92 Å². The number of aromatic nitrogens is 2. The highest BCUT2D eigenvalue weighted by Gasteiger charge is 2.14. The third-order valence-corrected chi connectivity index (χ3v) is 2.63. The highest BCUT2D eigenvalue weighted by molar-refractivity contribution is 6.32. The maximum Gasteiger partial charge on any atom is 0.241 e. The molecular formula is C11H11ClFN3O. The highest BCUT2D eigenvalue weighted by Crippen LogP contribution is 2.33. The Labute approximate surface area is 103 Å². The van der Waals surface area contributed by atoms with Gasteiger partial charge in [-0.2, -0.15) is 5.10 Å². The van der Waals surface area contributed by atoms with Gasteiger partial charge in [0.25, 0.3) is 0 Å². The summed E-state index contributed by atoms with van der Waals surface area (Å²) < 4.78 is 20.0. The third kappa shape index (κ3) is 2.19. The van der Waals surface area contributed by atoms with E-state index < -0.39 is 5.82 Å². The predicted molar refractivity (Wildman–Crippen MR) is 63.8 cm³/mol. The lowest BCUT2D eigenvalue weighted by atomic mass is 10.3. The Morgan fingerprint density at radius 1 is 1.47 bits per heavy atom.